The van der Waals surface area contributed by atoms with E-state index in [-0.39, 0.29) is 12.1 Å². The van der Waals surface area contributed by atoms with Crippen LogP contribution in [0, 0.1) is 11.6 Å². The standard InChI is InChI=1S/C19H23F2NO2/c1-13(10-19(23)14-6-4-3-5-7-14)22-18(12-24-2)15-8-9-16(20)17(21)11-15/h3-9,11,13,18-19,22-23H,10,12H2,1-2H3. The van der Waals surface area contributed by atoms with Crippen LogP contribution in [0.3, 0.4) is 0 Å². The smallest absolute Gasteiger partial charge is 0.159 e. The van der Waals surface area contributed by atoms with Crippen molar-refractivity contribution in [2.24, 2.45) is 0 Å². The molecule has 0 fully saturated rings. The predicted octanol–water partition coefficient (Wildman–Crippen LogP) is 3.75. The van der Waals surface area contributed by atoms with Crippen LogP contribution in [0.2, 0.25) is 0 Å². The molecule has 130 valence electrons. The molecule has 0 heterocycles. The van der Waals surface area contributed by atoms with E-state index in [1.807, 2.05) is 37.3 Å². The second-order valence-corrected chi connectivity index (χ2v) is 5.91. The number of hydrogen-bond donors (Lipinski definition) is 2. The molecule has 0 saturated heterocycles. The van der Waals surface area contributed by atoms with Crippen LogP contribution >= 0.6 is 0 Å². The second-order valence-electron chi connectivity index (χ2n) is 5.91. The highest BCUT2D eigenvalue weighted by Crippen LogP contribution is 2.21. The normalized spacial score (nSPS) is 15.0. The molecule has 0 radical (unpaired) electrons. The lowest BCUT2D eigenvalue weighted by molar-refractivity contribution is 0.134. The highest BCUT2D eigenvalue weighted by atomic mass is 19.2. The summed E-state index contributed by atoms with van der Waals surface area (Å²) in [7, 11) is 1.55. The van der Waals surface area contributed by atoms with Gasteiger partial charge in [-0.15, -0.1) is 0 Å². The Kier molecular flexibility index (Phi) is 6.85. The number of hydrogen-bond acceptors (Lipinski definition) is 3. The summed E-state index contributed by atoms with van der Waals surface area (Å²) in [5, 5.41) is 13.6. The maximum absolute atomic E-state index is 13.5. The van der Waals surface area contributed by atoms with Crippen molar-refractivity contribution in [1.82, 2.24) is 5.32 Å². The molecule has 3 nitrogen and oxygen atoms in total. The van der Waals surface area contributed by atoms with Gasteiger partial charge in [0.05, 0.1) is 18.8 Å². The van der Waals surface area contributed by atoms with E-state index in [2.05, 4.69) is 5.32 Å². The number of aliphatic hydroxyl groups excluding tert-OH is 1. The largest absolute Gasteiger partial charge is 0.388 e. The van der Waals surface area contributed by atoms with E-state index in [1.54, 1.807) is 7.11 Å². The first-order valence-corrected chi connectivity index (χ1v) is 7.94. The van der Waals surface area contributed by atoms with Gasteiger partial charge in [0.2, 0.25) is 0 Å². The van der Waals surface area contributed by atoms with Crippen molar-refractivity contribution in [3.8, 4) is 0 Å². The van der Waals surface area contributed by atoms with Crippen molar-refractivity contribution in [3.05, 3.63) is 71.3 Å². The Balaban J connectivity index is 2.02. The first-order valence-electron chi connectivity index (χ1n) is 7.94. The third kappa shape index (κ3) is 5.09. The molecule has 0 bridgehead atoms. The lowest BCUT2D eigenvalue weighted by Crippen LogP contribution is -2.34. The molecule has 0 aliphatic heterocycles. The maximum Gasteiger partial charge on any atom is 0.159 e. The molecular weight excluding hydrogens is 312 g/mol. The van der Waals surface area contributed by atoms with Crippen LogP contribution in [0.4, 0.5) is 8.78 Å². The zero-order chi connectivity index (χ0) is 17.5. The Morgan fingerprint density at radius 1 is 1.04 bits per heavy atom. The average molecular weight is 335 g/mol. The van der Waals surface area contributed by atoms with Crippen molar-refractivity contribution in [3.63, 3.8) is 0 Å². The second kappa shape index (κ2) is 8.87. The molecular formula is C19H23F2NO2. The molecule has 2 N–H and O–H groups in total. The Labute approximate surface area is 141 Å². The van der Waals surface area contributed by atoms with E-state index in [0.717, 1.165) is 11.6 Å². The summed E-state index contributed by atoms with van der Waals surface area (Å²) in [6.07, 6.45) is -0.102. The van der Waals surface area contributed by atoms with Gasteiger partial charge in [0.25, 0.3) is 0 Å². The fraction of sp³-hybridized carbons (Fsp3) is 0.368. The van der Waals surface area contributed by atoms with Gasteiger partial charge >= 0.3 is 0 Å². The van der Waals surface area contributed by atoms with Crippen LogP contribution in [0.5, 0.6) is 0 Å². The van der Waals surface area contributed by atoms with Gasteiger partial charge in [0, 0.05) is 13.2 Å². The van der Waals surface area contributed by atoms with Gasteiger partial charge in [-0.05, 0) is 36.6 Å². The van der Waals surface area contributed by atoms with Gasteiger partial charge in [0.1, 0.15) is 0 Å². The Bertz CT molecular complexity index is 637. The molecule has 3 unspecified atom stereocenters. The monoisotopic (exact) mass is 335 g/mol. The SMILES string of the molecule is COCC(NC(C)CC(O)c1ccccc1)c1ccc(F)c(F)c1. The third-order valence-corrected chi connectivity index (χ3v) is 3.93. The van der Waals surface area contributed by atoms with Gasteiger partial charge in [-0.2, -0.15) is 0 Å². The molecule has 2 rings (SSSR count). The lowest BCUT2D eigenvalue weighted by atomic mass is 10.0. The van der Waals surface area contributed by atoms with Gasteiger partial charge in [-0.25, -0.2) is 8.78 Å². The predicted molar refractivity (Wildman–Crippen MR) is 89.6 cm³/mol. The number of aliphatic hydroxyl groups is 1. The van der Waals surface area contributed by atoms with Crippen molar-refractivity contribution in [2.45, 2.75) is 31.5 Å². The number of rotatable bonds is 8. The van der Waals surface area contributed by atoms with E-state index in [4.69, 9.17) is 4.74 Å². The summed E-state index contributed by atoms with van der Waals surface area (Å²) in [6, 6.07) is 12.9. The summed E-state index contributed by atoms with van der Waals surface area (Å²) in [6.45, 7) is 2.26. The van der Waals surface area contributed by atoms with Crippen molar-refractivity contribution in [2.75, 3.05) is 13.7 Å². The number of benzene rings is 2. The molecule has 2 aromatic rings. The van der Waals surface area contributed by atoms with Crippen molar-refractivity contribution < 1.29 is 18.6 Å². The molecule has 0 saturated carbocycles. The van der Waals surface area contributed by atoms with Gasteiger partial charge < -0.3 is 15.2 Å². The molecule has 3 atom stereocenters. The highest BCUT2D eigenvalue weighted by molar-refractivity contribution is 5.22. The molecule has 0 amide bonds. The van der Waals surface area contributed by atoms with Gasteiger partial charge in [0.15, 0.2) is 11.6 Å². The van der Waals surface area contributed by atoms with Gasteiger partial charge in [-0.3, -0.25) is 0 Å². The molecule has 0 spiro atoms. The molecule has 0 aliphatic rings. The molecule has 0 aromatic heterocycles. The minimum Gasteiger partial charge on any atom is -0.388 e. The quantitative estimate of drug-likeness (QED) is 0.772. The first-order chi connectivity index (χ1) is 11.5. The topological polar surface area (TPSA) is 41.5 Å². The fourth-order valence-electron chi connectivity index (χ4n) is 2.69. The fourth-order valence-corrected chi connectivity index (χ4v) is 2.69. The van der Waals surface area contributed by atoms with E-state index in [9.17, 15) is 13.9 Å². The zero-order valence-corrected chi connectivity index (χ0v) is 13.9. The molecule has 5 heteroatoms. The molecule has 2 aromatic carbocycles. The lowest BCUT2D eigenvalue weighted by Gasteiger charge is -2.25. The molecule has 0 aliphatic carbocycles. The van der Waals surface area contributed by atoms with E-state index in [0.29, 0.717) is 18.6 Å². The highest BCUT2D eigenvalue weighted by Gasteiger charge is 2.19. The minimum absolute atomic E-state index is 0.0477. The third-order valence-electron chi connectivity index (χ3n) is 3.93. The Morgan fingerprint density at radius 2 is 1.75 bits per heavy atom. The van der Waals surface area contributed by atoms with Crippen LogP contribution in [0.15, 0.2) is 48.5 Å². The number of halogens is 2. The van der Waals surface area contributed by atoms with Crippen LogP contribution in [0.1, 0.15) is 36.6 Å². The molecule has 24 heavy (non-hydrogen) atoms. The summed E-state index contributed by atoms with van der Waals surface area (Å²) in [5.41, 5.74) is 1.46. The maximum atomic E-state index is 13.5. The van der Waals surface area contributed by atoms with Crippen molar-refractivity contribution in [1.29, 1.82) is 0 Å². The first kappa shape index (κ1) is 18.5. The number of ether oxygens (including phenoxy) is 1. The zero-order valence-electron chi connectivity index (χ0n) is 13.9. The van der Waals surface area contributed by atoms with Crippen LogP contribution < -0.4 is 5.32 Å². The summed E-state index contributed by atoms with van der Waals surface area (Å²) < 4.78 is 31.8. The van der Waals surface area contributed by atoms with E-state index in [1.165, 1.54) is 12.1 Å². The summed E-state index contributed by atoms with van der Waals surface area (Å²) >= 11 is 0. The van der Waals surface area contributed by atoms with E-state index < -0.39 is 17.7 Å². The van der Waals surface area contributed by atoms with Crippen LogP contribution in [-0.4, -0.2) is 24.9 Å². The number of nitrogens with one attached hydrogen (secondary N) is 1. The van der Waals surface area contributed by atoms with Crippen LogP contribution in [-0.2, 0) is 4.74 Å². The summed E-state index contributed by atoms with van der Waals surface area (Å²) in [4.78, 5) is 0. The van der Waals surface area contributed by atoms with Crippen LogP contribution in [0.25, 0.3) is 0 Å². The van der Waals surface area contributed by atoms with Crippen molar-refractivity contribution >= 4 is 0 Å². The average Bonchev–Trinajstić information content (AvgIpc) is 2.57. The van der Waals surface area contributed by atoms with Gasteiger partial charge in [-0.1, -0.05) is 36.4 Å². The Morgan fingerprint density at radius 3 is 2.38 bits per heavy atom. The van der Waals surface area contributed by atoms with E-state index >= 15 is 0 Å². The number of methoxy groups -OCH3 is 1. The Hall–Kier alpha value is -1.82. The summed E-state index contributed by atoms with van der Waals surface area (Å²) in [5.74, 6) is -1.75. The minimum atomic E-state index is -0.882.